The van der Waals surface area contributed by atoms with E-state index in [9.17, 15) is 18.0 Å². The summed E-state index contributed by atoms with van der Waals surface area (Å²) in [6.07, 6.45) is 0.763. The molecule has 1 aliphatic heterocycles. The van der Waals surface area contributed by atoms with Crippen molar-refractivity contribution in [3.05, 3.63) is 90.0 Å². The summed E-state index contributed by atoms with van der Waals surface area (Å²) in [4.78, 5) is 27.0. The number of anilines is 2. The Labute approximate surface area is 211 Å². The summed E-state index contributed by atoms with van der Waals surface area (Å²) in [6, 6.07) is 22.2. The molecule has 0 fully saturated rings. The van der Waals surface area contributed by atoms with Crippen LogP contribution in [-0.4, -0.2) is 39.9 Å². The maximum Gasteiger partial charge on any atom is 0.242 e. The van der Waals surface area contributed by atoms with Crippen molar-refractivity contribution in [3.63, 3.8) is 0 Å². The van der Waals surface area contributed by atoms with Gasteiger partial charge in [0.25, 0.3) is 0 Å². The number of benzene rings is 3. The quantitative estimate of drug-likeness (QED) is 0.391. The standard InChI is InChI=1S/C27H30N4O4S/c1-2-31(22-11-7-4-8-12-22)18-17-28-27(33)26(20-9-5-3-6-10-20)30-36(34,35)23-14-15-24-21(19-23)13-16-25(32)29-24/h3-12,14-15,19,26,30H,2,13,16-18H2,1H3,(H,28,33)(H,29,32)/t26-/m1/s1. The molecule has 0 radical (unpaired) electrons. The zero-order chi connectivity index (χ0) is 25.5. The molecule has 3 aromatic carbocycles. The zero-order valence-corrected chi connectivity index (χ0v) is 20.9. The molecule has 9 heteroatoms. The van der Waals surface area contributed by atoms with E-state index >= 15 is 0 Å². The number of hydrogen-bond acceptors (Lipinski definition) is 5. The molecule has 1 atom stereocenters. The lowest BCUT2D eigenvalue weighted by atomic mass is 10.0. The fraction of sp³-hybridized carbons (Fsp3) is 0.259. The summed E-state index contributed by atoms with van der Waals surface area (Å²) in [7, 11) is -4.02. The lowest BCUT2D eigenvalue weighted by Gasteiger charge is -2.24. The monoisotopic (exact) mass is 506 g/mol. The maximum atomic E-state index is 13.3. The summed E-state index contributed by atoms with van der Waals surface area (Å²) in [5.41, 5.74) is 2.96. The van der Waals surface area contributed by atoms with Gasteiger partial charge in [0.15, 0.2) is 0 Å². The number of para-hydroxylation sites is 1. The van der Waals surface area contributed by atoms with Gasteiger partial charge in [-0.15, -0.1) is 0 Å². The molecule has 0 saturated heterocycles. The van der Waals surface area contributed by atoms with Crippen LogP contribution >= 0.6 is 0 Å². The SMILES string of the molecule is CCN(CCNC(=O)[C@H](NS(=O)(=O)c1ccc2c(c1)CCC(=O)N2)c1ccccc1)c1ccccc1. The normalized spacial score (nSPS) is 13.9. The second kappa shape index (κ2) is 11.4. The smallest absolute Gasteiger partial charge is 0.242 e. The average Bonchev–Trinajstić information content (AvgIpc) is 2.90. The van der Waals surface area contributed by atoms with Crippen LogP contribution in [-0.2, 0) is 26.0 Å². The van der Waals surface area contributed by atoms with Crippen LogP contribution in [0.4, 0.5) is 11.4 Å². The summed E-state index contributed by atoms with van der Waals surface area (Å²) < 4.78 is 29.2. The molecule has 8 nitrogen and oxygen atoms in total. The van der Waals surface area contributed by atoms with Crippen LogP contribution in [0.5, 0.6) is 0 Å². The first-order valence-electron chi connectivity index (χ1n) is 11.9. The molecule has 188 valence electrons. The van der Waals surface area contributed by atoms with Gasteiger partial charge >= 0.3 is 0 Å². The number of sulfonamides is 1. The first-order valence-corrected chi connectivity index (χ1v) is 13.4. The van der Waals surface area contributed by atoms with E-state index in [0.29, 0.717) is 37.2 Å². The van der Waals surface area contributed by atoms with Gasteiger partial charge < -0.3 is 15.5 Å². The molecule has 36 heavy (non-hydrogen) atoms. The molecular formula is C27H30N4O4S. The third kappa shape index (κ3) is 6.10. The highest BCUT2D eigenvalue weighted by Crippen LogP contribution is 2.26. The molecule has 1 heterocycles. The van der Waals surface area contributed by atoms with Crippen LogP contribution in [0.1, 0.15) is 30.5 Å². The number of nitrogens with zero attached hydrogens (tertiary/aromatic N) is 1. The van der Waals surface area contributed by atoms with Crippen LogP contribution in [0, 0.1) is 0 Å². The Hall–Kier alpha value is -3.69. The fourth-order valence-electron chi connectivity index (χ4n) is 4.19. The van der Waals surface area contributed by atoms with Crippen LogP contribution < -0.4 is 20.3 Å². The number of hydrogen-bond donors (Lipinski definition) is 3. The largest absolute Gasteiger partial charge is 0.370 e. The molecule has 0 aromatic heterocycles. The molecule has 3 aromatic rings. The van der Waals surface area contributed by atoms with Crippen LogP contribution in [0.2, 0.25) is 0 Å². The second-order valence-corrected chi connectivity index (χ2v) is 10.3. The van der Waals surface area contributed by atoms with Crippen molar-refractivity contribution in [1.82, 2.24) is 10.0 Å². The average molecular weight is 507 g/mol. The van der Waals surface area contributed by atoms with Gasteiger partial charge in [-0.1, -0.05) is 48.5 Å². The van der Waals surface area contributed by atoms with Crippen molar-refractivity contribution < 1.29 is 18.0 Å². The van der Waals surface area contributed by atoms with Gasteiger partial charge in [-0.2, -0.15) is 4.72 Å². The Balaban J connectivity index is 1.49. The van der Waals surface area contributed by atoms with E-state index in [0.717, 1.165) is 17.8 Å². The van der Waals surface area contributed by atoms with Crippen molar-refractivity contribution in [3.8, 4) is 0 Å². The number of carbonyl (C=O) groups is 2. The highest BCUT2D eigenvalue weighted by atomic mass is 32.2. The van der Waals surface area contributed by atoms with Gasteiger partial charge in [0.05, 0.1) is 4.90 Å². The van der Waals surface area contributed by atoms with E-state index in [1.54, 1.807) is 36.4 Å². The van der Waals surface area contributed by atoms with Gasteiger partial charge in [0.2, 0.25) is 21.8 Å². The Morgan fingerprint density at radius 3 is 2.39 bits per heavy atom. The lowest BCUT2D eigenvalue weighted by molar-refractivity contribution is -0.122. The van der Waals surface area contributed by atoms with Gasteiger partial charge in [0.1, 0.15) is 6.04 Å². The van der Waals surface area contributed by atoms with Crippen molar-refractivity contribution in [1.29, 1.82) is 0 Å². The predicted molar refractivity (Wildman–Crippen MR) is 140 cm³/mol. The highest BCUT2D eigenvalue weighted by Gasteiger charge is 2.28. The molecule has 2 amide bonds. The first kappa shape index (κ1) is 25.4. The van der Waals surface area contributed by atoms with Crippen LogP contribution in [0.3, 0.4) is 0 Å². The molecule has 0 bridgehead atoms. The van der Waals surface area contributed by atoms with E-state index in [1.165, 1.54) is 6.07 Å². The van der Waals surface area contributed by atoms with E-state index in [4.69, 9.17) is 0 Å². The van der Waals surface area contributed by atoms with Gasteiger partial charge in [0, 0.05) is 37.4 Å². The van der Waals surface area contributed by atoms with Gasteiger partial charge in [-0.05, 0) is 54.8 Å². The number of aryl methyl sites for hydroxylation is 1. The molecule has 1 aliphatic rings. The number of rotatable bonds is 10. The third-order valence-corrected chi connectivity index (χ3v) is 7.56. The molecular weight excluding hydrogens is 476 g/mol. The number of amides is 2. The van der Waals surface area contributed by atoms with Crippen molar-refractivity contribution in [2.45, 2.75) is 30.7 Å². The van der Waals surface area contributed by atoms with Crippen molar-refractivity contribution >= 4 is 33.2 Å². The van der Waals surface area contributed by atoms with Gasteiger partial charge in [-0.25, -0.2) is 8.42 Å². The summed E-state index contributed by atoms with van der Waals surface area (Å²) >= 11 is 0. The fourth-order valence-corrected chi connectivity index (χ4v) is 5.43. The first-order chi connectivity index (χ1) is 17.4. The number of fused-ring (bicyclic) bond motifs is 1. The molecule has 4 rings (SSSR count). The van der Waals surface area contributed by atoms with Crippen LogP contribution in [0.15, 0.2) is 83.8 Å². The summed E-state index contributed by atoms with van der Waals surface area (Å²) in [5.74, 6) is -0.523. The Morgan fingerprint density at radius 2 is 1.69 bits per heavy atom. The molecule has 0 aliphatic carbocycles. The van der Waals surface area contributed by atoms with E-state index < -0.39 is 22.0 Å². The number of likely N-dealkylation sites (N-methyl/N-ethyl adjacent to an activating group) is 1. The zero-order valence-electron chi connectivity index (χ0n) is 20.1. The highest BCUT2D eigenvalue weighted by molar-refractivity contribution is 7.89. The minimum absolute atomic E-state index is 0.0485. The number of nitrogens with one attached hydrogen (secondary N) is 3. The lowest BCUT2D eigenvalue weighted by Crippen LogP contribution is -2.43. The van der Waals surface area contributed by atoms with E-state index in [1.807, 2.05) is 43.3 Å². The van der Waals surface area contributed by atoms with E-state index in [2.05, 4.69) is 20.3 Å². The summed E-state index contributed by atoms with van der Waals surface area (Å²) in [6.45, 7) is 3.75. The Morgan fingerprint density at radius 1 is 1.00 bits per heavy atom. The Bertz CT molecular complexity index is 1310. The molecule has 0 spiro atoms. The summed E-state index contributed by atoms with van der Waals surface area (Å²) in [5, 5.41) is 5.64. The number of carbonyl (C=O) groups excluding carboxylic acids is 2. The minimum Gasteiger partial charge on any atom is -0.370 e. The predicted octanol–water partition coefficient (Wildman–Crippen LogP) is 3.23. The Kier molecular flexibility index (Phi) is 8.02. The molecule has 3 N–H and O–H groups in total. The van der Waals surface area contributed by atoms with Crippen LogP contribution in [0.25, 0.3) is 0 Å². The second-order valence-electron chi connectivity index (χ2n) is 8.54. The molecule has 0 saturated carbocycles. The van der Waals surface area contributed by atoms with Crippen molar-refractivity contribution in [2.75, 3.05) is 29.9 Å². The van der Waals surface area contributed by atoms with Crippen molar-refractivity contribution in [2.24, 2.45) is 0 Å². The minimum atomic E-state index is -4.02. The topological polar surface area (TPSA) is 108 Å². The van der Waals surface area contributed by atoms with E-state index in [-0.39, 0.29) is 10.8 Å². The van der Waals surface area contributed by atoms with Gasteiger partial charge in [-0.3, -0.25) is 9.59 Å². The third-order valence-electron chi connectivity index (χ3n) is 6.13. The molecule has 0 unspecified atom stereocenters. The maximum absolute atomic E-state index is 13.3.